The standard InChI is InChI=1S/C14H23N3O3S/c1-9-6-13(17-15)7-10(2)14(9)21(18,19)16-8-12-4-5-20-11(12)3/h6-7,11-12,16-17H,4-5,8,15H2,1-3H3. The molecule has 0 bridgehead atoms. The molecule has 0 aliphatic carbocycles. The maximum Gasteiger partial charge on any atom is 0.241 e. The van der Waals surface area contributed by atoms with Gasteiger partial charge < -0.3 is 10.2 Å². The summed E-state index contributed by atoms with van der Waals surface area (Å²) >= 11 is 0. The first-order valence-electron chi connectivity index (χ1n) is 7.04. The Kier molecular flexibility index (Phi) is 4.88. The van der Waals surface area contributed by atoms with Gasteiger partial charge in [-0.2, -0.15) is 0 Å². The Bertz CT molecular complexity index is 593. The molecule has 1 aromatic rings. The second-order valence-electron chi connectivity index (χ2n) is 5.56. The third-order valence-electron chi connectivity index (χ3n) is 3.96. The first-order valence-corrected chi connectivity index (χ1v) is 8.52. The zero-order valence-corrected chi connectivity index (χ0v) is 13.5. The van der Waals surface area contributed by atoms with E-state index in [0.29, 0.717) is 34.9 Å². The number of hydrogen-bond acceptors (Lipinski definition) is 5. The van der Waals surface area contributed by atoms with Crippen molar-refractivity contribution in [3.63, 3.8) is 0 Å². The van der Waals surface area contributed by atoms with Crippen LogP contribution in [0.2, 0.25) is 0 Å². The van der Waals surface area contributed by atoms with Crippen LogP contribution in [0, 0.1) is 19.8 Å². The van der Waals surface area contributed by atoms with Crippen molar-refractivity contribution in [2.45, 2.75) is 38.2 Å². The predicted octanol–water partition coefficient (Wildman–Crippen LogP) is 1.29. The number of nitrogens with one attached hydrogen (secondary N) is 2. The van der Waals surface area contributed by atoms with Gasteiger partial charge in [0.15, 0.2) is 0 Å². The van der Waals surface area contributed by atoms with E-state index in [2.05, 4.69) is 10.1 Å². The number of rotatable bonds is 5. The van der Waals surface area contributed by atoms with E-state index < -0.39 is 10.0 Å². The van der Waals surface area contributed by atoms with Gasteiger partial charge in [0.2, 0.25) is 10.0 Å². The molecular formula is C14H23N3O3S. The fraction of sp³-hybridized carbons (Fsp3) is 0.571. The molecule has 6 nitrogen and oxygen atoms in total. The third kappa shape index (κ3) is 3.55. The zero-order chi connectivity index (χ0) is 15.6. The van der Waals surface area contributed by atoms with Crippen molar-refractivity contribution in [2.75, 3.05) is 18.6 Å². The highest BCUT2D eigenvalue weighted by molar-refractivity contribution is 7.89. The van der Waals surface area contributed by atoms with Crippen molar-refractivity contribution in [1.82, 2.24) is 4.72 Å². The molecule has 2 atom stereocenters. The smallest absolute Gasteiger partial charge is 0.241 e. The number of nitrogens with two attached hydrogens (primary N) is 1. The van der Waals surface area contributed by atoms with Crippen LogP contribution in [0.15, 0.2) is 17.0 Å². The summed E-state index contributed by atoms with van der Waals surface area (Å²) < 4.78 is 33.2. The van der Waals surface area contributed by atoms with Crippen LogP contribution in [0.3, 0.4) is 0 Å². The van der Waals surface area contributed by atoms with E-state index >= 15 is 0 Å². The maximum absolute atomic E-state index is 12.5. The summed E-state index contributed by atoms with van der Waals surface area (Å²) in [6.07, 6.45) is 0.983. The minimum absolute atomic E-state index is 0.0960. The second-order valence-corrected chi connectivity index (χ2v) is 7.26. The molecule has 21 heavy (non-hydrogen) atoms. The minimum atomic E-state index is -3.53. The molecule has 0 saturated carbocycles. The molecule has 2 unspecified atom stereocenters. The van der Waals surface area contributed by atoms with Gasteiger partial charge in [-0.15, -0.1) is 0 Å². The van der Waals surface area contributed by atoms with E-state index in [1.807, 2.05) is 6.92 Å². The van der Waals surface area contributed by atoms with Gasteiger partial charge in [0.1, 0.15) is 0 Å². The monoisotopic (exact) mass is 313 g/mol. The molecule has 118 valence electrons. The summed E-state index contributed by atoms with van der Waals surface area (Å²) in [5.74, 6) is 5.60. The van der Waals surface area contributed by atoms with Gasteiger partial charge in [0.05, 0.1) is 11.0 Å². The van der Waals surface area contributed by atoms with Crippen LogP contribution >= 0.6 is 0 Å². The normalized spacial score (nSPS) is 22.5. The lowest BCUT2D eigenvalue weighted by atomic mass is 10.0. The van der Waals surface area contributed by atoms with Crippen molar-refractivity contribution >= 4 is 15.7 Å². The highest BCUT2D eigenvalue weighted by Gasteiger charge is 2.27. The van der Waals surface area contributed by atoms with Gasteiger partial charge in [-0.05, 0) is 50.5 Å². The second kappa shape index (κ2) is 6.31. The van der Waals surface area contributed by atoms with Crippen LogP contribution in [0.5, 0.6) is 0 Å². The molecule has 1 aliphatic heterocycles. The number of aryl methyl sites for hydroxylation is 2. The van der Waals surface area contributed by atoms with Crippen molar-refractivity contribution in [2.24, 2.45) is 11.8 Å². The van der Waals surface area contributed by atoms with Crippen LogP contribution in [0.25, 0.3) is 0 Å². The lowest BCUT2D eigenvalue weighted by molar-refractivity contribution is 0.107. The Morgan fingerprint density at radius 3 is 2.43 bits per heavy atom. The number of sulfonamides is 1. The molecule has 7 heteroatoms. The number of benzene rings is 1. The summed E-state index contributed by atoms with van der Waals surface area (Å²) in [6.45, 7) is 6.61. The van der Waals surface area contributed by atoms with Crippen LogP contribution in [0.1, 0.15) is 24.5 Å². The molecule has 1 heterocycles. The average Bonchev–Trinajstić information content (AvgIpc) is 2.80. The summed E-state index contributed by atoms with van der Waals surface area (Å²) in [5.41, 5.74) is 4.58. The number of anilines is 1. The van der Waals surface area contributed by atoms with Gasteiger partial charge >= 0.3 is 0 Å². The Morgan fingerprint density at radius 2 is 1.95 bits per heavy atom. The first kappa shape index (κ1) is 16.2. The van der Waals surface area contributed by atoms with Gasteiger partial charge in [-0.3, -0.25) is 5.84 Å². The largest absolute Gasteiger partial charge is 0.378 e. The van der Waals surface area contributed by atoms with Crippen molar-refractivity contribution in [3.05, 3.63) is 23.3 Å². The highest BCUT2D eigenvalue weighted by atomic mass is 32.2. The molecule has 0 amide bonds. The van der Waals surface area contributed by atoms with Gasteiger partial charge in [-0.1, -0.05) is 0 Å². The molecule has 4 N–H and O–H groups in total. The molecule has 2 rings (SSSR count). The molecule has 1 saturated heterocycles. The summed E-state index contributed by atoms with van der Waals surface area (Å²) in [6, 6.07) is 3.45. The minimum Gasteiger partial charge on any atom is -0.378 e. The first-order chi connectivity index (χ1) is 9.85. The highest BCUT2D eigenvalue weighted by Crippen LogP contribution is 2.25. The molecule has 1 fully saturated rings. The van der Waals surface area contributed by atoms with Crippen molar-refractivity contribution < 1.29 is 13.2 Å². The molecule has 1 aliphatic rings. The van der Waals surface area contributed by atoms with E-state index in [1.54, 1.807) is 26.0 Å². The molecule has 0 aromatic heterocycles. The lowest BCUT2D eigenvalue weighted by Gasteiger charge is -2.17. The Balaban J connectivity index is 2.19. The van der Waals surface area contributed by atoms with E-state index in [1.165, 1.54) is 0 Å². The topological polar surface area (TPSA) is 93.5 Å². The van der Waals surface area contributed by atoms with Crippen LogP contribution < -0.4 is 16.0 Å². The fourth-order valence-electron chi connectivity index (χ4n) is 2.79. The number of nitrogen functional groups attached to an aromatic ring is 1. The molecular weight excluding hydrogens is 290 g/mol. The Labute approximate surface area is 126 Å². The molecule has 0 radical (unpaired) electrons. The Hall–Kier alpha value is -1.15. The summed E-state index contributed by atoms with van der Waals surface area (Å²) in [5, 5.41) is 0. The molecule has 0 spiro atoms. The van der Waals surface area contributed by atoms with Gasteiger partial charge in [0.25, 0.3) is 0 Å². The van der Waals surface area contributed by atoms with Gasteiger partial charge in [-0.25, -0.2) is 13.1 Å². The summed E-state index contributed by atoms with van der Waals surface area (Å²) in [4.78, 5) is 0.327. The number of ether oxygens (including phenoxy) is 1. The Morgan fingerprint density at radius 1 is 1.33 bits per heavy atom. The SMILES string of the molecule is Cc1cc(NN)cc(C)c1S(=O)(=O)NCC1CCOC1C. The fourth-order valence-corrected chi connectivity index (χ4v) is 4.33. The van der Waals surface area contributed by atoms with Crippen LogP contribution in [-0.4, -0.2) is 27.7 Å². The van der Waals surface area contributed by atoms with E-state index in [9.17, 15) is 8.42 Å². The number of hydrogen-bond donors (Lipinski definition) is 3. The average molecular weight is 313 g/mol. The van der Waals surface area contributed by atoms with Crippen molar-refractivity contribution in [3.8, 4) is 0 Å². The van der Waals surface area contributed by atoms with Crippen LogP contribution in [-0.2, 0) is 14.8 Å². The maximum atomic E-state index is 12.5. The third-order valence-corrected chi connectivity index (χ3v) is 5.69. The lowest BCUT2D eigenvalue weighted by Crippen LogP contribution is -2.32. The van der Waals surface area contributed by atoms with Crippen molar-refractivity contribution in [1.29, 1.82) is 0 Å². The summed E-state index contributed by atoms with van der Waals surface area (Å²) in [7, 11) is -3.53. The quantitative estimate of drug-likeness (QED) is 0.562. The van der Waals surface area contributed by atoms with E-state index in [-0.39, 0.29) is 12.0 Å². The van der Waals surface area contributed by atoms with E-state index in [0.717, 1.165) is 6.42 Å². The van der Waals surface area contributed by atoms with Gasteiger partial charge in [0, 0.05) is 24.8 Å². The zero-order valence-electron chi connectivity index (χ0n) is 12.6. The predicted molar refractivity (Wildman–Crippen MR) is 82.4 cm³/mol. The van der Waals surface area contributed by atoms with Crippen LogP contribution in [0.4, 0.5) is 5.69 Å². The molecule has 1 aromatic carbocycles. The van der Waals surface area contributed by atoms with E-state index in [4.69, 9.17) is 10.6 Å². The number of hydrazine groups is 1.